The van der Waals surface area contributed by atoms with Crippen LogP contribution in [-0.2, 0) is 9.84 Å². The van der Waals surface area contributed by atoms with Gasteiger partial charge in [-0.25, -0.2) is 48.3 Å². The molecule has 19 nitrogen and oxygen atoms in total. The van der Waals surface area contributed by atoms with Crippen LogP contribution in [0.2, 0.25) is 0 Å². The van der Waals surface area contributed by atoms with Gasteiger partial charge in [-0.3, -0.25) is 0 Å². The molecule has 77 heavy (non-hydrogen) atoms. The highest BCUT2D eigenvalue weighted by atomic mass is 127. The number of halogens is 1. The molecule has 0 amide bonds. The van der Waals surface area contributed by atoms with E-state index in [-0.39, 0.29) is 17.3 Å². The summed E-state index contributed by atoms with van der Waals surface area (Å²) in [5, 5.41) is 33.9. The highest BCUT2D eigenvalue weighted by molar-refractivity contribution is 14.1. The zero-order valence-corrected chi connectivity index (χ0v) is 47.3. The van der Waals surface area contributed by atoms with E-state index >= 15 is 0 Å². The van der Waals surface area contributed by atoms with Crippen molar-refractivity contribution in [3.8, 4) is 17.2 Å². The van der Waals surface area contributed by atoms with Crippen LogP contribution in [-0.4, -0.2) is 110 Å². The monoisotopic (exact) mass is 1240 g/mol. The van der Waals surface area contributed by atoms with Crippen LogP contribution >= 0.6 is 68.8 Å². The van der Waals surface area contributed by atoms with Crippen LogP contribution in [0.5, 0.6) is 17.2 Å². The number of hydrogen-bond donors (Lipinski definition) is 6. The molecule has 0 bridgehead atoms. The van der Waals surface area contributed by atoms with Gasteiger partial charge < -0.3 is 45.7 Å². The number of anilines is 7. The number of ether oxygens (including phenoxy) is 3. The van der Waals surface area contributed by atoms with Gasteiger partial charge in [-0.15, -0.1) is 46.2 Å². The molecule has 0 saturated carbocycles. The standard InChI is InChI=1S/C18H16N4O4S2.C18H16N4O2S2.C16H13IN4OS/c1-26-15-8-13-12(7-17(15)28(24,25)5-4-23)18(20-9-19-13)22-11-2-3-16-14(6-11)21-10-27-16;1-24-15-8-13-12(7-17(15)25-5-4-23)18(20-9-19-13)22-11-2-3-16-14(6-11)21-10-26-16;1-22-14-6-12-10(5-11(14)17)16(19-7-18-12)21-9-2-3-15-13(4-9)20-8-23-15/h2-3,6-10,23H,4-5H2,1H3,(H,19,20,22);2-3,6-10,23H,4-5H2,1H3,(H,19,20,22);2-7,20H,8H2,1H3,(H,18,19,21). The van der Waals surface area contributed by atoms with E-state index in [1.54, 1.807) is 54.8 Å². The van der Waals surface area contributed by atoms with E-state index in [0.717, 1.165) is 102 Å². The number of aliphatic hydroxyl groups excluding tert-OH is 2. The average Bonchev–Trinajstić information content (AvgIpc) is 4.24. The van der Waals surface area contributed by atoms with Crippen molar-refractivity contribution in [3.05, 3.63) is 125 Å². The maximum atomic E-state index is 12.5. The molecule has 0 unspecified atom stereocenters. The van der Waals surface area contributed by atoms with Crippen LogP contribution in [0.25, 0.3) is 53.1 Å². The lowest BCUT2D eigenvalue weighted by Crippen LogP contribution is -2.11. The van der Waals surface area contributed by atoms with Crippen LogP contribution in [0.4, 0.5) is 40.2 Å². The summed E-state index contributed by atoms with van der Waals surface area (Å²) in [7, 11) is 0.967. The van der Waals surface area contributed by atoms with E-state index in [1.165, 1.54) is 42.5 Å². The van der Waals surface area contributed by atoms with Crippen LogP contribution in [0, 0.1) is 3.57 Å². The molecule has 0 spiro atoms. The number of methoxy groups -OCH3 is 3. The summed E-state index contributed by atoms with van der Waals surface area (Å²) in [6, 6.07) is 29.0. The van der Waals surface area contributed by atoms with Gasteiger partial charge in [0.1, 0.15) is 58.6 Å². The summed E-state index contributed by atoms with van der Waals surface area (Å²) in [5.74, 6) is 4.83. The fourth-order valence-corrected chi connectivity index (χ4v) is 12.9. The predicted octanol–water partition coefficient (Wildman–Crippen LogP) is 11.3. The molecule has 392 valence electrons. The number of hydrogen-bond acceptors (Lipinski definition) is 23. The Morgan fingerprint density at radius 1 is 0.597 bits per heavy atom. The normalized spacial score (nSPS) is 11.9. The number of nitrogens with one attached hydrogen (secondary N) is 4. The Balaban J connectivity index is 0.000000132. The van der Waals surface area contributed by atoms with Crippen molar-refractivity contribution in [1.29, 1.82) is 0 Å². The minimum Gasteiger partial charge on any atom is -0.496 e. The summed E-state index contributed by atoms with van der Waals surface area (Å²) in [5.41, 5.74) is 11.5. The Kier molecular flexibility index (Phi) is 16.7. The Labute approximate surface area is 470 Å². The molecule has 6 heterocycles. The largest absolute Gasteiger partial charge is 0.496 e. The van der Waals surface area contributed by atoms with Gasteiger partial charge in [0, 0.05) is 62.1 Å². The molecule has 25 heteroatoms. The lowest BCUT2D eigenvalue weighted by atomic mass is 10.2. The number of rotatable bonds is 15. The molecule has 1 aliphatic rings. The minimum atomic E-state index is -3.72. The van der Waals surface area contributed by atoms with E-state index in [0.29, 0.717) is 22.5 Å². The van der Waals surface area contributed by atoms with Gasteiger partial charge in [-0.05, 0) is 95.4 Å². The second-order valence-electron chi connectivity index (χ2n) is 16.4. The number of benzene rings is 6. The van der Waals surface area contributed by atoms with Crippen molar-refractivity contribution < 1.29 is 32.8 Å². The molecular formula is C52H45IN12O7S5. The SMILES string of the molecule is COc1cc2ncnc(Nc3ccc4c(c3)NCS4)c2cc1I.COc1cc2ncnc(Nc3ccc4scnc4c3)c2cc1S(=O)(=O)CCO.COc1cc2ncnc(Nc3ccc4scnc4c3)c2cc1SCCO. The van der Waals surface area contributed by atoms with E-state index in [9.17, 15) is 8.42 Å². The van der Waals surface area contributed by atoms with Crippen molar-refractivity contribution in [2.45, 2.75) is 14.7 Å². The lowest BCUT2D eigenvalue weighted by Gasteiger charge is -2.13. The second-order valence-corrected chi connectivity index (χ2v) is 23.6. The highest BCUT2D eigenvalue weighted by Crippen LogP contribution is 2.39. The van der Waals surface area contributed by atoms with Crippen LogP contribution in [0.3, 0.4) is 0 Å². The first-order valence-electron chi connectivity index (χ1n) is 23.2. The molecule has 0 saturated heterocycles. The van der Waals surface area contributed by atoms with Crippen molar-refractivity contribution in [2.75, 3.05) is 73.2 Å². The van der Waals surface area contributed by atoms with Crippen LogP contribution in [0.1, 0.15) is 0 Å². The average molecular weight is 1240 g/mol. The smallest absolute Gasteiger partial charge is 0.184 e. The number of fused-ring (bicyclic) bond motifs is 6. The van der Waals surface area contributed by atoms with Crippen LogP contribution < -0.4 is 35.5 Å². The Hall–Kier alpha value is -6.98. The fourth-order valence-electron chi connectivity index (χ4n) is 8.05. The molecule has 6 N–H and O–H groups in total. The molecule has 0 aliphatic carbocycles. The quantitative estimate of drug-likeness (QED) is 0.0412. The van der Waals surface area contributed by atoms with Crippen molar-refractivity contribution in [3.63, 3.8) is 0 Å². The number of sulfone groups is 1. The number of aliphatic hydroxyl groups is 2. The zero-order valence-electron chi connectivity index (χ0n) is 41.0. The first-order valence-corrected chi connectivity index (χ1v) is 29.7. The molecule has 1 aliphatic heterocycles. The second kappa shape index (κ2) is 24.1. The van der Waals surface area contributed by atoms with Crippen LogP contribution in [0.15, 0.2) is 136 Å². The van der Waals surface area contributed by atoms with E-state index in [2.05, 4.69) is 102 Å². The van der Waals surface area contributed by atoms with Gasteiger partial charge in [0.2, 0.25) is 0 Å². The van der Waals surface area contributed by atoms with Gasteiger partial charge in [0.15, 0.2) is 9.84 Å². The summed E-state index contributed by atoms with van der Waals surface area (Å²) in [6.07, 6.45) is 4.50. The Morgan fingerprint density at radius 3 is 1.68 bits per heavy atom. The molecule has 6 aromatic carbocycles. The van der Waals surface area contributed by atoms with Gasteiger partial charge in [0.05, 0.1) is 108 Å². The summed E-state index contributed by atoms with van der Waals surface area (Å²) < 4.78 is 44.4. The summed E-state index contributed by atoms with van der Waals surface area (Å²) in [4.78, 5) is 36.9. The van der Waals surface area contributed by atoms with Crippen molar-refractivity contribution >= 4 is 172 Å². The number of thioether (sulfide) groups is 2. The first kappa shape index (κ1) is 53.4. The zero-order chi connectivity index (χ0) is 53.5. The van der Waals surface area contributed by atoms with Gasteiger partial charge in [-0.2, -0.15) is 0 Å². The number of nitrogens with zero attached hydrogens (tertiary/aromatic N) is 8. The molecule has 11 aromatic rings. The minimum absolute atomic E-state index is 0.00986. The Morgan fingerprint density at radius 2 is 1.12 bits per heavy atom. The van der Waals surface area contributed by atoms with E-state index in [4.69, 9.17) is 24.4 Å². The van der Waals surface area contributed by atoms with E-state index in [1.807, 2.05) is 77.9 Å². The number of aromatic nitrogens is 8. The van der Waals surface area contributed by atoms with Gasteiger partial charge >= 0.3 is 0 Å². The molecule has 0 atom stereocenters. The fraction of sp³-hybridized carbons (Fsp3) is 0.154. The molecule has 5 aromatic heterocycles. The third-order valence-electron chi connectivity index (χ3n) is 11.7. The maximum Gasteiger partial charge on any atom is 0.184 e. The third kappa shape index (κ3) is 12.1. The topological polar surface area (TPSA) is 254 Å². The summed E-state index contributed by atoms with van der Waals surface area (Å²) >= 11 is 8.78. The highest BCUT2D eigenvalue weighted by Gasteiger charge is 2.22. The number of thiazole rings is 2. The van der Waals surface area contributed by atoms with E-state index < -0.39 is 22.2 Å². The third-order valence-corrected chi connectivity index (χ3v) is 17.9. The van der Waals surface area contributed by atoms with Gasteiger partial charge in [0.25, 0.3) is 0 Å². The predicted molar refractivity (Wildman–Crippen MR) is 318 cm³/mol. The molecule has 12 rings (SSSR count). The lowest BCUT2D eigenvalue weighted by molar-refractivity contribution is 0.319. The molecule has 0 radical (unpaired) electrons. The molecular weight excluding hydrogens is 1190 g/mol. The maximum absolute atomic E-state index is 12.5. The van der Waals surface area contributed by atoms with Gasteiger partial charge in [-0.1, -0.05) is 0 Å². The Bertz CT molecular complexity index is 4060. The van der Waals surface area contributed by atoms with Crippen molar-refractivity contribution in [2.24, 2.45) is 0 Å². The van der Waals surface area contributed by atoms with Crippen molar-refractivity contribution in [1.82, 2.24) is 39.9 Å². The summed E-state index contributed by atoms with van der Waals surface area (Å²) in [6.45, 7) is -0.372. The molecule has 0 fully saturated rings. The first-order chi connectivity index (χ1) is 37.5.